The van der Waals surface area contributed by atoms with Crippen LogP contribution >= 0.6 is 23.1 Å². The average Bonchev–Trinajstić information content (AvgIpc) is 2.91. The molecule has 0 spiro atoms. The number of carbonyl (C=O) groups excluding carboxylic acids is 1. The van der Waals surface area contributed by atoms with Gasteiger partial charge in [0.25, 0.3) is 0 Å². The SMILES string of the molecule is COC(=O)c1cnc(Sc2nccs2)c([N+](=O)[O-])c1. The van der Waals surface area contributed by atoms with Crippen LogP contribution in [0.5, 0.6) is 0 Å². The van der Waals surface area contributed by atoms with Crippen LogP contribution < -0.4 is 0 Å². The average molecular weight is 297 g/mol. The topological polar surface area (TPSA) is 95.2 Å². The molecule has 0 aliphatic carbocycles. The van der Waals surface area contributed by atoms with Gasteiger partial charge < -0.3 is 4.74 Å². The Morgan fingerprint density at radius 1 is 1.53 bits per heavy atom. The van der Waals surface area contributed by atoms with Crippen LogP contribution in [0.25, 0.3) is 0 Å². The second kappa shape index (κ2) is 5.76. The second-order valence-electron chi connectivity index (χ2n) is 3.20. The van der Waals surface area contributed by atoms with Crippen LogP contribution in [0.2, 0.25) is 0 Å². The van der Waals surface area contributed by atoms with Crippen LogP contribution in [0.1, 0.15) is 10.4 Å². The van der Waals surface area contributed by atoms with Crippen LogP contribution in [0, 0.1) is 10.1 Å². The highest BCUT2D eigenvalue weighted by Gasteiger charge is 2.21. The van der Waals surface area contributed by atoms with E-state index >= 15 is 0 Å². The molecule has 0 unspecified atom stereocenters. The van der Waals surface area contributed by atoms with Crippen LogP contribution in [-0.2, 0) is 4.74 Å². The monoisotopic (exact) mass is 297 g/mol. The Bertz CT molecular complexity index is 615. The van der Waals surface area contributed by atoms with Gasteiger partial charge in [0.1, 0.15) is 0 Å². The highest BCUT2D eigenvalue weighted by atomic mass is 32.2. The van der Waals surface area contributed by atoms with Gasteiger partial charge in [-0.3, -0.25) is 10.1 Å². The van der Waals surface area contributed by atoms with Crippen molar-refractivity contribution in [3.8, 4) is 0 Å². The van der Waals surface area contributed by atoms with E-state index in [2.05, 4.69) is 14.7 Å². The first-order valence-electron chi connectivity index (χ1n) is 4.92. The third kappa shape index (κ3) is 3.06. The molecule has 0 saturated carbocycles. The number of thiazole rings is 1. The zero-order chi connectivity index (χ0) is 13.8. The highest BCUT2D eigenvalue weighted by Crippen LogP contribution is 2.34. The minimum absolute atomic E-state index is 0.0395. The van der Waals surface area contributed by atoms with E-state index in [9.17, 15) is 14.9 Å². The summed E-state index contributed by atoms with van der Waals surface area (Å²) >= 11 is 2.43. The molecule has 9 heteroatoms. The Balaban J connectivity index is 2.38. The molecule has 0 N–H and O–H groups in total. The van der Waals surface area contributed by atoms with Crippen LogP contribution in [-0.4, -0.2) is 28.0 Å². The third-order valence-corrected chi connectivity index (χ3v) is 3.94. The van der Waals surface area contributed by atoms with Crippen molar-refractivity contribution >= 4 is 34.8 Å². The van der Waals surface area contributed by atoms with Crippen molar-refractivity contribution in [1.82, 2.24) is 9.97 Å². The molecule has 0 radical (unpaired) electrons. The van der Waals surface area contributed by atoms with Gasteiger partial charge in [-0.05, 0) is 11.8 Å². The molecule has 0 amide bonds. The maximum atomic E-state index is 11.3. The van der Waals surface area contributed by atoms with Gasteiger partial charge in [-0.1, -0.05) is 0 Å². The van der Waals surface area contributed by atoms with Gasteiger partial charge in [-0.25, -0.2) is 14.8 Å². The lowest BCUT2D eigenvalue weighted by atomic mass is 10.3. The third-order valence-electron chi connectivity index (χ3n) is 2.04. The quantitative estimate of drug-likeness (QED) is 0.485. The number of carbonyl (C=O) groups is 1. The fourth-order valence-corrected chi connectivity index (χ4v) is 2.80. The zero-order valence-electron chi connectivity index (χ0n) is 9.60. The fourth-order valence-electron chi connectivity index (χ4n) is 1.22. The summed E-state index contributed by atoms with van der Waals surface area (Å²) in [6.45, 7) is 0. The molecule has 0 bridgehead atoms. The van der Waals surface area contributed by atoms with E-state index in [-0.39, 0.29) is 16.3 Å². The first-order chi connectivity index (χ1) is 9.11. The van der Waals surface area contributed by atoms with Gasteiger partial charge in [0.15, 0.2) is 9.37 Å². The standard InChI is InChI=1S/C10H7N3O4S2/c1-17-9(14)6-4-7(13(15)16)8(12-5-6)19-10-11-2-3-18-10/h2-5H,1H3. The molecular formula is C10H7N3O4S2. The largest absolute Gasteiger partial charge is 0.465 e. The number of nitro groups is 1. The number of nitrogens with zero attached hydrogens (tertiary/aromatic N) is 3. The number of ether oxygens (including phenoxy) is 1. The lowest BCUT2D eigenvalue weighted by Gasteiger charge is -2.02. The molecule has 0 saturated heterocycles. The summed E-state index contributed by atoms with van der Waals surface area (Å²) in [5.74, 6) is -0.665. The summed E-state index contributed by atoms with van der Waals surface area (Å²) in [7, 11) is 1.20. The fraction of sp³-hybridized carbons (Fsp3) is 0.100. The lowest BCUT2D eigenvalue weighted by Crippen LogP contribution is -2.04. The predicted molar refractivity (Wildman–Crippen MR) is 68.5 cm³/mol. The Morgan fingerprint density at radius 3 is 2.89 bits per heavy atom. The Morgan fingerprint density at radius 2 is 2.32 bits per heavy atom. The number of rotatable bonds is 4. The van der Waals surface area contributed by atoms with Gasteiger partial charge >= 0.3 is 11.7 Å². The van der Waals surface area contributed by atoms with Crippen molar-refractivity contribution < 1.29 is 14.5 Å². The van der Waals surface area contributed by atoms with Gasteiger partial charge in [-0.2, -0.15) is 0 Å². The molecule has 0 atom stereocenters. The summed E-state index contributed by atoms with van der Waals surface area (Å²) in [6.07, 6.45) is 2.84. The van der Waals surface area contributed by atoms with Gasteiger partial charge in [0.05, 0.1) is 17.6 Å². The molecular weight excluding hydrogens is 290 g/mol. The molecule has 0 fully saturated rings. The summed E-state index contributed by atoms with van der Waals surface area (Å²) in [5.41, 5.74) is -0.208. The first-order valence-corrected chi connectivity index (χ1v) is 6.61. The van der Waals surface area contributed by atoms with E-state index in [1.165, 1.54) is 24.6 Å². The number of aromatic nitrogens is 2. The molecule has 0 aliphatic heterocycles. The number of hydrogen-bond donors (Lipinski definition) is 0. The van der Waals surface area contributed by atoms with Gasteiger partial charge in [0.2, 0.25) is 0 Å². The molecule has 2 aromatic heterocycles. The van der Waals surface area contributed by atoms with E-state index in [0.717, 1.165) is 17.8 Å². The minimum atomic E-state index is -0.665. The van der Waals surface area contributed by atoms with E-state index in [1.54, 1.807) is 11.6 Å². The molecule has 0 aromatic carbocycles. The summed E-state index contributed by atoms with van der Waals surface area (Å²) in [4.78, 5) is 29.7. The molecule has 98 valence electrons. The van der Waals surface area contributed by atoms with E-state index in [4.69, 9.17) is 0 Å². The lowest BCUT2D eigenvalue weighted by molar-refractivity contribution is -0.388. The summed E-state index contributed by atoms with van der Waals surface area (Å²) < 4.78 is 5.14. The van der Waals surface area contributed by atoms with Gasteiger partial charge in [-0.15, -0.1) is 11.3 Å². The molecule has 7 nitrogen and oxygen atoms in total. The van der Waals surface area contributed by atoms with E-state index in [1.807, 2.05) is 0 Å². The number of pyridine rings is 1. The van der Waals surface area contributed by atoms with Crippen molar-refractivity contribution in [3.63, 3.8) is 0 Å². The van der Waals surface area contributed by atoms with E-state index in [0.29, 0.717) is 4.34 Å². The number of esters is 1. The minimum Gasteiger partial charge on any atom is -0.465 e. The number of methoxy groups -OCH3 is 1. The van der Waals surface area contributed by atoms with Crippen LogP contribution in [0.15, 0.2) is 33.2 Å². The summed E-state index contributed by atoms with van der Waals surface area (Å²) in [5, 5.41) is 12.9. The highest BCUT2D eigenvalue weighted by molar-refractivity contribution is 8.01. The number of hydrogen-bond acceptors (Lipinski definition) is 8. The second-order valence-corrected chi connectivity index (χ2v) is 5.33. The van der Waals surface area contributed by atoms with Crippen molar-refractivity contribution in [2.75, 3.05) is 7.11 Å². The molecule has 0 aliphatic rings. The van der Waals surface area contributed by atoms with Crippen molar-refractivity contribution in [3.05, 3.63) is 39.5 Å². The molecule has 2 rings (SSSR count). The van der Waals surface area contributed by atoms with Crippen molar-refractivity contribution in [2.24, 2.45) is 0 Å². The molecule has 2 aromatic rings. The zero-order valence-corrected chi connectivity index (χ0v) is 11.2. The smallest absolute Gasteiger partial charge is 0.339 e. The Hall–Kier alpha value is -2.00. The van der Waals surface area contributed by atoms with Crippen molar-refractivity contribution in [2.45, 2.75) is 9.37 Å². The summed E-state index contributed by atoms with van der Waals surface area (Å²) in [6, 6.07) is 1.15. The van der Waals surface area contributed by atoms with Crippen LogP contribution in [0.3, 0.4) is 0 Å². The van der Waals surface area contributed by atoms with E-state index < -0.39 is 10.9 Å². The first kappa shape index (κ1) is 13.4. The molecule has 19 heavy (non-hydrogen) atoms. The maximum absolute atomic E-state index is 11.3. The normalized spacial score (nSPS) is 10.2. The Labute approximate surface area is 115 Å². The van der Waals surface area contributed by atoms with Gasteiger partial charge in [0, 0.05) is 23.8 Å². The Kier molecular flexibility index (Phi) is 4.07. The molecule has 2 heterocycles. The van der Waals surface area contributed by atoms with Crippen LogP contribution in [0.4, 0.5) is 5.69 Å². The maximum Gasteiger partial charge on any atom is 0.339 e. The predicted octanol–water partition coefficient (Wildman–Crippen LogP) is 2.38. The van der Waals surface area contributed by atoms with Crippen molar-refractivity contribution in [1.29, 1.82) is 0 Å².